The number of hydrogen-bond acceptors (Lipinski definition) is 5. The summed E-state index contributed by atoms with van der Waals surface area (Å²) >= 11 is 1.82. The fraction of sp³-hybridized carbons (Fsp3) is 0.222. The number of esters is 2. The van der Waals surface area contributed by atoms with E-state index in [1.807, 2.05) is 83.3 Å². The molecule has 0 radical (unpaired) electrons. The first-order chi connectivity index (χ1) is 11.6. The summed E-state index contributed by atoms with van der Waals surface area (Å²) in [5, 5.41) is 0. The molecule has 0 aromatic heterocycles. The summed E-state index contributed by atoms with van der Waals surface area (Å²) in [5.74, 6) is -2.52. The molecule has 0 heterocycles. The Hall–Kier alpha value is -1.93. The molecule has 0 saturated heterocycles. The number of ether oxygens (including phenoxy) is 2. The molecule has 0 aliphatic heterocycles. The number of carbonyl (C=O) groups excluding carboxylic acids is 2. The van der Waals surface area contributed by atoms with E-state index in [0.717, 1.165) is 11.1 Å². The molecule has 0 unspecified atom stereocenters. The van der Waals surface area contributed by atoms with Gasteiger partial charge >= 0.3 is 11.9 Å². The van der Waals surface area contributed by atoms with Crippen LogP contribution in [0.3, 0.4) is 0 Å². The average Bonchev–Trinajstić information content (AvgIpc) is 2.60. The molecule has 126 valence electrons. The van der Waals surface area contributed by atoms with Gasteiger partial charge in [-0.05, 0) is 11.1 Å². The van der Waals surface area contributed by atoms with Gasteiger partial charge in [0.1, 0.15) is 13.2 Å². The first-order valence-electron chi connectivity index (χ1n) is 7.38. The summed E-state index contributed by atoms with van der Waals surface area (Å²) in [4.78, 5) is 24.4. The zero-order valence-corrected chi connectivity index (χ0v) is 15.1. The molecular formula is C18H18INO4. The molecule has 0 spiro atoms. The summed E-state index contributed by atoms with van der Waals surface area (Å²) in [7, 11) is 0. The normalized spacial score (nSPS) is 11.8. The van der Waals surface area contributed by atoms with E-state index in [2.05, 4.69) is 0 Å². The van der Waals surface area contributed by atoms with Gasteiger partial charge in [0.05, 0.1) is 4.05 Å². The fourth-order valence-corrected chi connectivity index (χ4v) is 2.58. The Kier molecular flexibility index (Phi) is 7.20. The molecule has 2 rings (SSSR count). The predicted molar refractivity (Wildman–Crippen MR) is 98.0 cm³/mol. The maximum Gasteiger partial charge on any atom is 0.323 e. The van der Waals surface area contributed by atoms with Gasteiger partial charge in [0.2, 0.25) is 0 Å². The van der Waals surface area contributed by atoms with Crippen molar-refractivity contribution < 1.29 is 19.1 Å². The highest BCUT2D eigenvalue weighted by atomic mass is 127. The number of rotatable bonds is 7. The summed E-state index contributed by atoms with van der Waals surface area (Å²) in [6.07, 6.45) is 0. The quantitative estimate of drug-likeness (QED) is 0.236. The highest BCUT2D eigenvalue weighted by Crippen LogP contribution is 2.15. The second kappa shape index (κ2) is 9.39. The topological polar surface area (TPSA) is 78.6 Å². The van der Waals surface area contributed by atoms with Gasteiger partial charge in [0, 0.05) is 0 Å². The molecule has 0 aliphatic carbocycles. The Morgan fingerprint density at radius 3 is 1.54 bits per heavy atom. The number of carbonyl (C=O) groups is 2. The first-order valence-corrected chi connectivity index (χ1v) is 8.63. The van der Waals surface area contributed by atoms with E-state index in [1.165, 1.54) is 0 Å². The van der Waals surface area contributed by atoms with Gasteiger partial charge in [-0.25, -0.2) is 0 Å². The van der Waals surface area contributed by atoms with Crippen molar-refractivity contribution in [3.8, 4) is 0 Å². The van der Waals surface area contributed by atoms with Gasteiger partial charge in [0.25, 0.3) is 0 Å². The third kappa shape index (κ3) is 5.61. The van der Waals surface area contributed by atoms with Crippen LogP contribution >= 0.6 is 22.6 Å². The number of alkyl halides is 1. The van der Waals surface area contributed by atoms with Crippen molar-refractivity contribution in [1.29, 1.82) is 0 Å². The molecule has 0 aliphatic rings. The van der Waals surface area contributed by atoms with E-state index < -0.39 is 21.9 Å². The van der Waals surface area contributed by atoms with E-state index in [0.29, 0.717) is 0 Å². The van der Waals surface area contributed by atoms with Crippen LogP contribution in [0.15, 0.2) is 60.7 Å². The third-order valence-corrected chi connectivity index (χ3v) is 3.99. The molecule has 2 N–H and O–H groups in total. The van der Waals surface area contributed by atoms with Gasteiger partial charge in [-0.1, -0.05) is 83.3 Å². The van der Waals surface area contributed by atoms with Crippen LogP contribution in [0.4, 0.5) is 0 Å². The number of nitrogens with two attached hydrogens (primary N) is 1. The van der Waals surface area contributed by atoms with Gasteiger partial charge in [-0.15, -0.1) is 0 Å². The molecule has 2 aromatic carbocycles. The van der Waals surface area contributed by atoms with Gasteiger partial charge in [0.15, 0.2) is 5.92 Å². The van der Waals surface area contributed by atoms with E-state index >= 15 is 0 Å². The molecule has 0 bridgehead atoms. The number of benzene rings is 2. The van der Waals surface area contributed by atoms with Crippen molar-refractivity contribution in [3.05, 3.63) is 71.8 Å². The number of halogens is 1. The van der Waals surface area contributed by atoms with Gasteiger partial charge in [-0.2, -0.15) is 0 Å². The van der Waals surface area contributed by atoms with Crippen molar-refractivity contribution in [3.63, 3.8) is 0 Å². The largest absolute Gasteiger partial charge is 0.460 e. The SMILES string of the molecule is N[C@@H](I)C(C(=O)OCc1ccccc1)C(=O)OCc1ccccc1. The Bertz CT molecular complexity index is 606. The second-order valence-electron chi connectivity index (χ2n) is 5.11. The van der Waals surface area contributed by atoms with Crippen LogP contribution in [0.5, 0.6) is 0 Å². The van der Waals surface area contributed by atoms with Crippen LogP contribution in [-0.4, -0.2) is 16.0 Å². The first kappa shape index (κ1) is 18.4. The Morgan fingerprint density at radius 2 is 1.21 bits per heavy atom. The lowest BCUT2D eigenvalue weighted by atomic mass is 10.1. The Labute approximate surface area is 154 Å². The van der Waals surface area contributed by atoms with Gasteiger partial charge in [-0.3, -0.25) is 9.59 Å². The molecule has 0 saturated carbocycles. The predicted octanol–water partition coefficient (Wildman–Crippen LogP) is 2.81. The average molecular weight is 439 g/mol. The number of hydrogen-bond donors (Lipinski definition) is 1. The van der Waals surface area contributed by atoms with E-state index in [-0.39, 0.29) is 13.2 Å². The van der Waals surface area contributed by atoms with Crippen molar-refractivity contribution in [2.75, 3.05) is 0 Å². The Balaban J connectivity index is 1.92. The smallest absolute Gasteiger partial charge is 0.323 e. The minimum absolute atomic E-state index is 0.0888. The lowest BCUT2D eigenvalue weighted by molar-refractivity contribution is -0.163. The van der Waals surface area contributed by atoms with E-state index in [9.17, 15) is 9.59 Å². The third-order valence-electron chi connectivity index (χ3n) is 3.27. The summed E-state index contributed by atoms with van der Waals surface area (Å²) < 4.78 is 9.67. The van der Waals surface area contributed by atoms with Gasteiger partial charge < -0.3 is 15.2 Å². The van der Waals surface area contributed by atoms with Crippen LogP contribution in [0.25, 0.3) is 0 Å². The fourth-order valence-electron chi connectivity index (χ4n) is 1.99. The van der Waals surface area contributed by atoms with Crippen molar-refractivity contribution in [2.24, 2.45) is 11.7 Å². The maximum atomic E-state index is 12.2. The zero-order valence-electron chi connectivity index (χ0n) is 12.9. The summed E-state index contributed by atoms with van der Waals surface area (Å²) in [6.45, 7) is 0.178. The molecule has 24 heavy (non-hydrogen) atoms. The summed E-state index contributed by atoms with van der Waals surface area (Å²) in [6, 6.07) is 18.5. The van der Waals surface area contributed by atoms with Crippen molar-refractivity contribution in [2.45, 2.75) is 17.3 Å². The monoisotopic (exact) mass is 439 g/mol. The van der Waals surface area contributed by atoms with Crippen LogP contribution in [0.1, 0.15) is 11.1 Å². The molecule has 5 nitrogen and oxygen atoms in total. The summed E-state index contributed by atoms with van der Waals surface area (Å²) in [5.41, 5.74) is 7.44. The van der Waals surface area contributed by atoms with Crippen molar-refractivity contribution >= 4 is 34.5 Å². The molecule has 0 amide bonds. The lowest BCUT2D eigenvalue weighted by Gasteiger charge is -2.17. The Morgan fingerprint density at radius 1 is 0.833 bits per heavy atom. The standard InChI is InChI=1S/C18H18INO4/c19-16(20)15(17(21)23-11-13-7-3-1-4-8-13)18(22)24-12-14-9-5-2-6-10-14/h1-10,15-16H,11-12,20H2/t16-/m1/s1. The molecule has 0 fully saturated rings. The van der Waals surface area contributed by atoms with E-state index in [1.54, 1.807) is 0 Å². The van der Waals surface area contributed by atoms with Crippen molar-refractivity contribution in [1.82, 2.24) is 0 Å². The van der Waals surface area contributed by atoms with Crippen LogP contribution in [0.2, 0.25) is 0 Å². The highest BCUT2D eigenvalue weighted by molar-refractivity contribution is 14.1. The molecule has 6 heteroatoms. The molecular weight excluding hydrogens is 421 g/mol. The highest BCUT2D eigenvalue weighted by Gasteiger charge is 2.34. The van der Waals surface area contributed by atoms with E-state index in [4.69, 9.17) is 15.2 Å². The van der Waals surface area contributed by atoms with Crippen LogP contribution in [-0.2, 0) is 32.3 Å². The van der Waals surface area contributed by atoms with Crippen LogP contribution < -0.4 is 5.73 Å². The maximum absolute atomic E-state index is 12.2. The van der Waals surface area contributed by atoms with Crippen LogP contribution in [0, 0.1) is 5.92 Å². The molecule has 2 aromatic rings. The second-order valence-corrected chi connectivity index (χ2v) is 6.55. The lowest BCUT2D eigenvalue weighted by Crippen LogP contribution is -2.39. The minimum atomic E-state index is -1.15. The zero-order chi connectivity index (χ0) is 17.4. The minimum Gasteiger partial charge on any atom is -0.460 e. The molecule has 1 atom stereocenters.